The summed E-state index contributed by atoms with van der Waals surface area (Å²) in [5.74, 6) is -4.83. The Morgan fingerprint density at radius 2 is 1.55 bits per heavy atom. The fourth-order valence-electron chi connectivity index (χ4n) is 2.00. The van der Waals surface area contributed by atoms with Gasteiger partial charge in [-0.3, -0.25) is 4.79 Å². The minimum absolute atomic E-state index is 0.385. The van der Waals surface area contributed by atoms with Gasteiger partial charge in [0.25, 0.3) is 0 Å². The van der Waals surface area contributed by atoms with Crippen molar-refractivity contribution >= 4 is 11.6 Å². The summed E-state index contributed by atoms with van der Waals surface area (Å²) in [6.07, 6.45) is 0. The Morgan fingerprint density at radius 3 is 2.14 bits per heavy atom. The van der Waals surface area contributed by atoms with Crippen molar-refractivity contribution in [2.24, 2.45) is 0 Å². The molecule has 0 aromatic heterocycles. The number of amides is 1. The summed E-state index contributed by atoms with van der Waals surface area (Å²) in [5.41, 5.74) is 0.444. The monoisotopic (exact) mass is 307 g/mol. The van der Waals surface area contributed by atoms with Gasteiger partial charge < -0.3 is 5.32 Å². The molecule has 0 heterocycles. The SMILES string of the molecule is Cc1ccc(C(C)(C)C(=O)Nc2ccc(F)c(F)c2F)cc1. The van der Waals surface area contributed by atoms with Gasteiger partial charge in [0.1, 0.15) is 0 Å². The Balaban J connectivity index is 2.28. The molecule has 0 unspecified atom stereocenters. The van der Waals surface area contributed by atoms with Gasteiger partial charge in [0.15, 0.2) is 17.5 Å². The van der Waals surface area contributed by atoms with Gasteiger partial charge in [0, 0.05) is 0 Å². The maximum atomic E-state index is 13.6. The molecule has 0 atom stereocenters. The number of hydrogen-bond donors (Lipinski definition) is 1. The van der Waals surface area contributed by atoms with Crippen LogP contribution in [0.4, 0.5) is 18.9 Å². The summed E-state index contributed by atoms with van der Waals surface area (Å²) >= 11 is 0. The number of nitrogens with one attached hydrogen (secondary N) is 1. The molecule has 2 aromatic carbocycles. The maximum Gasteiger partial charge on any atom is 0.234 e. The molecule has 0 bridgehead atoms. The van der Waals surface area contributed by atoms with Crippen LogP contribution in [0.1, 0.15) is 25.0 Å². The van der Waals surface area contributed by atoms with E-state index in [9.17, 15) is 18.0 Å². The van der Waals surface area contributed by atoms with E-state index in [0.717, 1.165) is 23.3 Å². The minimum atomic E-state index is -1.61. The van der Waals surface area contributed by atoms with Crippen molar-refractivity contribution in [2.45, 2.75) is 26.2 Å². The van der Waals surface area contributed by atoms with E-state index in [2.05, 4.69) is 5.32 Å². The minimum Gasteiger partial charge on any atom is -0.323 e. The van der Waals surface area contributed by atoms with Gasteiger partial charge in [-0.05, 0) is 38.5 Å². The van der Waals surface area contributed by atoms with E-state index in [4.69, 9.17) is 0 Å². The smallest absolute Gasteiger partial charge is 0.234 e. The van der Waals surface area contributed by atoms with Crippen LogP contribution in [0.5, 0.6) is 0 Å². The van der Waals surface area contributed by atoms with Crippen molar-refractivity contribution in [3.05, 3.63) is 65.0 Å². The van der Waals surface area contributed by atoms with Crippen LogP contribution in [0, 0.1) is 24.4 Å². The zero-order chi connectivity index (χ0) is 16.5. The van der Waals surface area contributed by atoms with E-state index in [1.807, 2.05) is 19.1 Å². The van der Waals surface area contributed by atoms with Gasteiger partial charge in [-0.1, -0.05) is 29.8 Å². The summed E-state index contributed by atoms with van der Waals surface area (Å²) in [4.78, 5) is 12.4. The van der Waals surface area contributed by atoms with Gasteiger partial charge in [-0.15, -0.1) is 0 Å². The fourth-order valence-corrected chi connectivity index (χ4v) is 2.00. The molecule has 0 fully saturated rings. The van der Waals surface area contributed by atoms with Gasteiger partial charge in [-0.2, -0.15) is 0 Å². The van der Waals surface area contributed by atoms with Crippen molar-refractivity contribution < 1.29 is 18.0 Å². The third-order valence-corrected chi connectivity index (χ3v) is 3.62. The zero-order valence-electron chi connectivity index (χ0n) is 12.5. The first-order chi connectivity index (χ1) is 10.2. The molecule has 0 saturated carbocycles. The maximum absolute atomic E-state index is 13.6. The molecule has 22 heavy (non-hydrogen) atoms. The van der Waals surface area contributed by atoms with Crippen molar-refractivity contribution in [3.63, 3.8) is 0 Å². The molecule has 5 heteroatoms. The lowest BCUT2D eigenvalue weighted by molar-refractivity contribution is -0.120. The van der Waals surface area contributed by atoms with Crippen LogP contribution < -0.4 is 5.32 Å². The Bertz CT molecular complexity index is 709. The van der Waals surface area contributed by atoms with Gasteiger partial charge in [0.2, 0.25) is 5.91 Å². The summed E-state index contributed by atoms with van der Waals surface area (Å²) in [5, 5.41) is 2.31. The van der Waals surface area contributed by atoms with Crippen LogP contribution in [-0.2, 0) is 10.2 Å². The molecule has 2 nitrogen and oxygen atoms in total. The van der Waals surface area contributed by atoms with Crippen LogP contribution in [-0.4, -0.2) is 5.91 Å². The summed E-state index contributed by atoms with van der Waals surface area (Å²) in [6.45, 7) is 5.27. The zero-order valence-corrected chi connectivity index (χ0v) is 12.5. The van der Waals surface area contributed by atoms with Crippen LogP contribution in [0.2, 0.25) is 0 Å². The fraction of sp³-hybridized carbons (Fsp3) is 0.235. The first kappa shape index (κ1) is 16.1. The Kier molecular flexibility index (Phi) is 4.26. The molecule has 2 rings (SSSR count). The third kappa shape index (κ3) is 2.98. The standard InChI is InChI=1S/C17H16F3NO/c1-10-4-6-11(7-5-10)17(2,3)16(22)21-13-9-8-12(18)14(19)15(13)20/h4-9H,1-3H3,(H,21,22). The lowest BCUT2D eigenvalue weighted by Crippen LogP contribution is -2.35. The van der Waals surface area contributed by atoms with Crippen LogP contribution >= 0.6 is 0 Å². The molecular weight excluding hydrogens is 291 g/mol. The van der Waals surface area contributed by atoms with Crippen molar-refractivity contribution in [2.75, 3.05) is 5.32 Å². The number of anilines is 1. The summed E-state index contributed by atoms with van der Waals surface area (Å²) in [6, 6.07) is 9.10. The number of benzene rings is 2. The number of carbonyl (C=O) groups excluding carboxylic acids is 1. The molecule has 1 N–H and O–H groups in total. The summed E-state index contributed by atoms with van der Waals surface area (Å²) < 4.78 is 39.7. The highest BCUT2D eigenvalue weighted by Crippen LogP contribution is 2.27. The molecule has 0 aliphatic heterocycles. The highest BCUT2D eigenvalue weighted by Gasteiger charge is 2.30. The average Bonchev–Trinajstić information content (AvgIpc) is 2.48. The van der Waals surface area contributed by atoms with Crippen molar-refractivity contribution in [3.8, 4) is 0 Å². The first-order valence-electron chi connectivity index (χ1n) is 6.75. The van der Waals surface area contributed by atoms with E-state index in [1.54, 1.807) is 26.0 Å². The number of carbonyl (C=O) groups is 1. The molecule has 1 amide bonds. The predicted molar refractivity (Wildman–Crippen MR) is 79.2 cm³/mol. The lowest BCUT2D eigenvalue weighted by atomic mass is 9.83. The average molecular weight is 307 g/mol. The molecule has 0 radical (unpaired) electrons. The van der Waals surface area contributed by atoms with E-state index < -0.39 is 28.8 Å². The Hall–Kier alpha value is -2.30. The number of hydrogen-bond acceptors (Lipinski definition) is 1. The summed E-state index contributed by atoms with van der Waals surface area (Å²) in [7, 11) is 0. The van der Waals surface area contributed by atoms with Gasteiger partial charge in [0.05, 0.1) is 11.1 Å². The second kappa shape index (κ2) is 5.83. The van der Waals surface area contributed by atoms with E-state index in [-0.39, 0.29) is 5.69 Å². The second-order valence-electron chi connectivity index (χ2n) is 5.67. The van der Waals surface area contributed by atoms with Crippen LogP contribution in [0.25, 0.3) is 0 Å². The highest BCUT2D eigenvalue weighted by molar-refractivity contribution is 5.98. The van der Waals surface area contributed by atoms with Crippen molar-refractivity contribution in [1.29, 1.82) is 0 Å². The van der Waals surface area contributed by atoms with E-state index in [0.29, 0.717) is 0 Å². The van der Waals surface area contributed by atoms with E-state index >= 15 is 0 Å². The number of halogens is 3. The molecule has 116 valence electrons. The molecule has 0 aliphatic carbocycles. The Labute approximate surface area is 127 Å². The highest BCUT2D eigenvalue weighted by atomic mass is 19.2. The topological polar surface area (TPSA) is 29.1 Å². The molecule has 0 aliphatic rings. The quantitative estimate of drug-likeness (QED) is 0.840. The molecule has 0 spiro atoms. The van der Waals surface area contributed by atoms with E-state index in [1.165, 1.54) is 0 Å². The molecule has 2 aromatic rings. The largest absolute Gasteiger partial charge is 0.323 e. The number of aryl methyl sites for hydroxylation is 1. The van der Waals surface area contributed by atoms with Crippen LogP contribution in [0.15, 0.2) is 36.4 Å². The first-order valence-corrected chi connectivity index (χ1v) is 6.75. The van der Waals surface area contributed by atoms with Crippen molar-refractivity contribution in [1.82, 2.24) is 0 Å². The predicted octanol–water partition coefficient (Wildman–Crippen LogP) is 4.33. The molecule has 0 saturated heterocycles. The second-order valence-corrected chi connectivity index (χ2v) is 5.67. The van der Waals surface area contributed by atoms with Gasteiger partial charge >= 0.3 is 0 Å². The van der Waals surface area contributed by atoms with Crippen LogP contribution in [0.3, 0.4) is 0 Å². The Morgan fingerprint density at radius 1 is 0.955 bits per heavy atom. The van der Waals surface area contributed by atoms with Gasteiger partial charge in [-0.25, -0.2) is 13.2 Å². The molecular formula is C17H16F3NO. The normalized spacial score (nSPS) is 11.4. The lowest BCUT2D eigenvalue weighted by Gasteiger charge is -2.24. The third-order valence-electron chi connectivity index (χ3n) is 3.62. The number of rotatable bonds is 3.